The molecule has 2 heterocycles. The van der Waals surface area contributed by atoms with Crippen LogP contribution in [0.1, 0.15) is 25.6 Å². The first-order valence-corrected chi connectivity index (χ1v) is 9.56. The number of aromatic nitrogens is 2. The predicted molar refractivity (Wildman–Crippen MR) is 103 cm³/mol. The van der Waals surface area contributed by atoms with Gasteiger partial charge in [0, 0.05) is 17.7 Å². The van der Waals surface area contributed by atoms with Gasteiger partial charge in [0.2, 0.25) is 0 Å². The molecule has 0 bridgehead atoms. The van der Waals surface area contributed by atoms with Gasteiger partial charge in [0.1, 0.15) is 6.23 Å². The van der Waals surface area contributed by atoms with Gasteiger partial charge in [0.05, 0.1) is 19.3 Å². The highest BCUT2D eigenvalue weighted by atomic mass is 31.0. The van der Waals surface area contributed by atoms with Crippen molar-refractivity contribution in [2.24, 2.45) is 11.3 Å². The van der Waals surface area contributed by atoms with Crippen LogP contribution in [-0.2, 0) is 16.1 Å². The molecular formula is C19H25N2O4P. The molecule has 140 valence electrons. The number of nitrogens with zero attached hydrogens (tertiary/aromatic N) is 1. The molecule has 0 saturated carbocycles. The second kappa shape index (κ2) is 7.87. The van der Waals surface area contributed by atoms with Gasteiger partial charge in [-0.05, 0) is 17.6 Å². The lowest BCUT2D eigenvalue weighted by Crippen LogP contribution is -2.39. The van der Waals surface area contributed by atoms with Gasteiger partial charge in [-0.3, -0.25) is 14.3 Å². The first kappa shape index (κ1) is 19.0. The fraction of sp³-hybridized carbons (Fsp3) is 0.474. The van der Waals surface area contributed by atoms with Gasteiger partial charge >= 0.3 is 5.69 Å². The van der Waals surface area contributed by atoms with E-state index in [0.717, 1.165) is 11.7 Å². The van der Waals surface area contributed by atoms with Crippen molar-refractivity contribution in [2.75, 3.05) is 12.8 Å². The number of H-pyrrole nitrogens is 1. The highest BCUT2D eigenvalue weighted by Crippen LogP contribution is 2.49. The van der Waals surface area contributed by atoms with Crippen molar-refractivity contribution in [1.29, 1.82) is 0 Å². The summed E-state index contributed by atoms with van der Waals surface area (Å²) in [7, 11) is 2.75. The zero-order valence-corrected chi connectivity index (χ0v) is 16.2. The highest BCUT2D eigenvalue weighted by Gasteiger charge is 2.51. The number of hydrogen-bond acceptors (Lipinski definition) is 4. The topological polar surface area (TPSA) is 73.3 Å². The number of hydrogen-bond donors (Lipinski definition) is 1. The molecule has 5 atom stereocenters. The SMILES string of the molecule is C[C@H]1C(COCc2ccccc2)OC(n2ccc(=O)[nH]c2=O)C1(C)CP. The van der Waals surface area contributed by atoms with Crippen LogP contribution in [0, 0.1) is 11.3 Å². The van der Waals surface area contributed by atoms with E-state index in [4.69, 9.17) is 9.47 Å². The van der Waals surface area contributed by atoms with Gasteiger partial charge in [0.15, 0.2) is 0 Å². The summed E-state index contributed by atoms with van der Waals surface area (Å²) >= 11 is 0. The zero-order valence-electron chi connectivity index (χ0n) is 15.1. The van der Waals surface area contributed by atoms with E-state index in [1.54, 1.807) is 0 Å². The van der Waals surface area contributed by atoms with Crippen molar-refractivity contribution in [3.8, 4) is 0 Å². The van der Waals surface area contributed by atoms with Crippen molar-refractivity contribution in [3.63, 3.8) is 0 Å². The van der Waals surface area contributed by atoms with Crippen LogP contribution < -0.4 is 11.2 Å². The van der Waals surface area contributed by atoms with Gasteiger partial charge < -0.3 is 9.47 Å². The molecule has 7 heteroatoms. The van der Waals surface area contributed by atoms with Crippen LogP contribution in [0.15, 0.2) is 52.2 Å². The minimum atomic E-state index is -0.454. The Morgan fingerprint density at radius 1 is 1.27 bits per heavy atom. The molecule has 0 radical (unpaired) electrons. The minimum absolute atomic E-state index is 0.131. The van der Waals surface area contributed by atoms with E-state index in [0.29, 0.717) is 13.2 Å². The van der Waals surface area contributed by atoms with Crippen LogP contribution in [0.3, 0.4) is 0 Å². The molecule has 26 heavy (non-hydrogen) atoms. The molecule has 1 fully saturated rings. The van der Waals surface area contributed by atoms with Crippen molar-refractivity contribution < 1.29 is 9.47 Å². The van der Waals surface area contributed by atoms with Gasteiger partial charge in [0.25, 0.3) is 5.56 Å². The maximum Gasteiger partial charge on any atom is 0.330 e. The summed E-state index contributed by atoms with van der Waals surface area (Å²) in [4.78, 5) is 25.9. The van der Waals surface area contributed by atoms with Crippen molar-refractivity contribution >= 4 is 9.24 Å². The maximum absolute atomic E-state index is 12.2. The van der Waals surface area contributed by atoms with Gasteiger partial charge in [-0.15, -0.1) is 9.24 Å². The largest absolute Gasteiger partial charge is 0.374 e. The van der Waals surface area contributed by atoms with Crippen LogP contribution in [-0.4, -0.2) is 28.4 Å². The van der Waals surface area contributed by atoms with Gasteiger partial charge in [-0.2, -0.15) is 0 Å². The maximum atomic E-state index is 12.2. The molecule has 6 nitrogen and oxygen atoms in total. The van der Waals surface area contributed by atoms with E-state index in [-0.39, 0.29) is 17.4 Å². The second-order valence-electron chi connectivity index (χ2n) is 7.04. The fourth-order valence-electron chi connectivity index (χ4n) is 3.42. The molecule has 1 N–H and O–H groups in total. The summed E-state index contributed by atoms with van der Waals surface area (Å²) in [5.41, 5.74) is -0.0220. The Hall–Kier alpha value is -1.75. The number of aromatic amines is 1. The van der Waals surface area contributed by atoms with Crippen LogP contribution in [0.25, 0.3) is 0 Å². The quantitative estimate of drug-likeness (QED) is 0.785. The number of nitrogens with one attached hydrogen (secondary N) is 1. The van der Waals surface area contributed by atoms with E-state index in [1.807, 2.05) is 30.3 Å². The van der Waals surface area contributed by atoms with Crippen molar-refractivity contribution in [1.82, 2.24) is 9.55 Å². The summed E-state index contributed by atoms with van der Waals surface area (Å²) < 4.78 is 13.6. The summed E-state index contributed by atoms with van der Waals surface area (Å²) in [5, 5.41) is 0. The molecule has 0 amide bonds. The first-order valence-electron chi connectivity index (χ1n) is 8.74. The average molecular weight is 376 g/mol. The number of rotatable bonds is 6. The molecule has 1 saturated heterocycles. The molecule has 1 aliphatic rings. The van der Waals surface area contributed by atoms with Crippen molar-refractivity contribution in [2.45, 2.75) is 32.8 Å². The standard InChI is InChI=1S/C19H25N2O4P/c1-13-15(11-24-10-14-6-4-3-5-7-14)25-17(19(13,2)12-26)21-9-8-16(22)20-18(21)23/h3-9,13,15,17H,10-12,26H2,1-2H3,(H,20,22,23)/t13-,15?,17?,19?/m0/s1. The Balaban J connectivity index is 1.75. The average Bonchev–Trinajstić information content (AvgIpc) is 2.88. The third-order valence-corrected chi connectivity index (χ3v) is 6.28. The Labute approximate surface area is 154 Å². The third kappa shape index (κ3) is 3.68. The molecule has 0 spiro atoms. The van der Waals surface area contributed by atoms with Crippen molar-refractivity contribution in [3.05, 3.63) is 69.0 Å². The van der Waals surface area contributed by atoms with E-state index in [1.165, 1.54) is 16.8 Å². The molecule has 1 aromatic carbocycles. The van der Waals surface area contributed by atoms with E-state index in [2.05, 4.69) is 28.1 Å². The smallest absolute Gasteiger partial charge is 0.330 e. The molecule has 4 unspecified atom stereocenters. The second-order valence-corrected chi connectivity index (χ2v) is 7.45. The molecule has 0 aliphatic carbocycles. The first-order chi connectivity index (χ1) is 12.5. The summed E-state index contributed by atoms with van der Waals surface area (Å²) in [6.45, 7) is 5.20. The minimum Gasteiger partial charge on any atom is -0.374 e. The highest BCUT2D eigenvalue weighted by molar-refractivity contribution is 7.16. The lowest BCUT2D eigenvalue weighted by Gasteiger charge is -2.33. The summed E-state index contributed by atoms with van der Waals surface area (Å²) in [5.74, 6) is 0.180. The monoisotopic (exact) mass is 376 g/mol. The Morgan fingerprint density at radius 3 is 2.65 bits per heavy atom. The molecule has 1 aliphatic heterocycles. The third-order valence-electron chi connectivity index (χ3n) is 5.40. The number of benzene rings is 1. The fourth-order valence-corrected chi connectivity index (χ4v) is 3.99. The zero-order chi connectivity index (χ0) is 18.7. The molecule has 1 aromatic heterocycles. The molecular weight excluding hydrogens is 351 g/mol. The van der Waals surface area contributed by atoms with E-state index < -0.39 is 17.5 Å². The summed E-state index contributed by atoms with van der Waals surface area (Å²) in [6.07, 6.45) is 1.68. The normalized spacial score (nSPS) is 28.3. The van der Waals surface area contributed by atoms with Gasteiger partial charge in [-0.25, -0.2) is 4.79 Å². The van der Waals surface area contributed by atoms with Crippen LogP contribution in [0.5, 0.6) is 0 Å². The molecule has 3 rings (SSSR count). The lowest BCUT2D eigenvalue weighted by molar-refractivity contribution is -0.0649. The predicted octanol–water partition coefficient (Wildman–Crippen LogP) is 2.17. The number of ether oxygens (including phenoxy) is 2. The van der Waals surface area contributed by atoms with Crippen LogP contribution in [0.2, 0.25) is 0 Å². The van der Waals surface area contributed by atoms with E-state index >= 15 is 0 Å². The summed E-state index contributed by atoms with van der Waals surface area (Å²) in [6, 6.07) is 11.3. The van der Waals surface area contributed by atoms with Crippen LogP contribution in [0.4, 0.5) is 0 Å². The van der Waals surface area contributed by atoms with Crippen LogP contribution >= 0.6 is 9.24 Å². The molecule has 2 aromatic rings. The lowest BCUT2D eigenvalue weighted by atomic mass is 9.78. The van der Waals surface area contributed by atoms with Gasteiger partial charge in [-0.1, -0.05) is 44.2 Å². The Kier molecular flexibility index (Phi) is 5.76. The van der Waals surface area contributed by atoms with E-state index in [9.17, 15) is 9.59 Å². The Bertz CT molecular complexity index is 850. The Morgan fingerprint density at radius 2 is 2.00 bits per heavy atom.